The lowest BCUT2D eigenvalue weighted by Crippen LogP contribution is -2.49. The molecule has 0 saturated carbocycles. The van der Waals surface area contributed by atoms with Crippen molar-refractivity contribution in [1.29, 1.82) is 0 Å². The van der Waals surface area contributed by atoms with Crippen LogP contribution < -0.4 is 0 Å². The highest BCUT2D eigenvalue weighted by molar-refractivity contribution is 6.78. The van der Waals surface area contributed by atoms with Crippen molar-refractivity contribution in [2.45, 2.75) is 65.6 Å². The lowest BCUT2D eigenvalue weighted by Gasteiger charge is -2.43. The maximum absolute atomic E-state index is 2.47. The van der Waals surface area contributed by atoms with Crippen molar-refractivity contribution in [1.82, 2.24) is 4.57 Å². The zero-order chi connectivity index (χ0) is 12.8. The molecule has 0 aliphatic heterocycles. The monoisotopic (exact) mass is 239 g/mol. The molecule has 0 aromatic carbocycles. The zero-order valence-corrected chi connectivity index (χ0v) is 13.2. The van der Waals surface area contributed by atoms with E-state index < -0.39 is 8.24 Å². The Morgan fingerprint density at radius 2 is 1.31 bits per heavy atom. The molecule has 0 bridgehead atoms. The van der Waals surface area contributed by atoms with Gasteiger partial charge in [-0.2, -0.15) is 0 Å². The first-order chi connectivity index (χ1) is 7.27. The van der Waals surface area contributed by atoms with Gasteiger partial charge in [-0.25, -0.2) is 0 Å². The quantitative estimate of drug-likeness (QED) is 0.600. The van der Waals surface area contributed by atoms with Gasteiger partial charge >= 0.3 is 0 Å². The fourth-order valence-electron chi connectivity index (χ4n) is 1.25. The molecule has 94 valence electrons. The first-order valence-electron chi connectivity index (χ1n) is 6.39. The van der Waals surface area contributed by atoms with Crippen LogP contribution in [0.1, 0.15) is 47.5 Å². The standard InChI is InChI=1S/C14H29NSi/c1-8-10-12-15(13-11-9-2)16(6,7)14(3,4)5/h10-13H,8-9H2,1-7H3. The molecular weight excluding hydrogens is 210 g/mol. The predicted octanol–water partition coefficient (Wildman–Crippen LogP) is 5.14. The van der Waals surface area contributed by atoms with Gasteiger partial charge < -0.3 is 4.57 Å². The normalized spacial score (nSPS) is 13.9. The molecule has 0 amide bonds. The van der Waals surface area contributed by atoms with Crippen LogP contribution in [0.15, 0.2) is 24.6 Å². The Bertz CT molecular complexity index is 232. The van der Waals surface area contributed by atoms with Crippen molar-refractivity contribution in [2.24, 2.45) is 0 Å². The summed E-state index contributed by atoms with van der Waals surface area (Å²) in [7, 11) is -1.45. The van der Waals surface area contributed by atoms with Gasteiger partial charge in [-0.1, -0.05) is 59.9 Å². The molecule has 0 aliphatic carbocycles. The van der Waals surface area contributed by atoms with Crippen molar-refractivity contribution >= 4 is 8.24 Å². The highest BCUT2D eigenvalue weighted by atomic mass is 28.3. The molecule has 0 heterocycles. The molecule has 0 N–H and O–H groups in total. The second kappa shape index (κ2) is 6.29. The van der Waals surface area contributed by atoms with Crippen molar-refractivity contribution < 1.29 is 0 Å². The molecule has 0 aromatic heterocycles. The second-order valence-electron chi connectivity index (χ2n) is 5.80. The summed E-state index contributed by atoms with van der Waals surface area (Å²) in [6.07, 6.45) is 11.2. The number of rotatable bonds is 5. The van der Waals surface area contributed by atoms with Crippen molar-refractivity contribution in [2.75, 3.05) is 0 Å². The van der Waals surface area contributed by atoms with Crippen LogP contribution >= 0.6 is 0 Å². The average Bonchev–Trinajstić information content (AvgIpc) is 2.16. The minimum Gasteiger partial charge on any atom is -0.381 e. The van der Waals surface area contributed by atoms with Crippen LogP contribution in [0.3, 0.4) is 0 Å². The van der Waals surface area contributed by atoms with E-state index in [0.717, 1.165) is 12.8 Å². The van der Waals surface area contributed by atoms with Crippen LogP contribution in [0.25, 0.3) is 0 Å². The predicted molar refractivity (Wildman–Crippen MR) is 77.9 cm³/mol. The number of hydrogen-bond acceptors (Lipinski definition) is 1. The summed E-state index contributed by atoms with van der Waals surface area (Å²) in [6, 6.07) is 0. The van der Waals surface area contributed by atoms with Crippen molar-refractivity contribution in [3.8, 4) is 0 Å². The first-order valence-corrected chi connectivity index (χ1v) is 9.33. The molecular formula is C14H29NSi. The van der Waals surface area contributed by atoms with E-state index in [1.54, 1.807) is 0 Å². The molecule has 1 nitrogen and oxygen atoms in total. The highest BCUT2D eigenvalue weighted by Gasteiger charge is 2.39. The van der Waals surface area contributed by atoms with Crippen molar-refractivity contribution in [3.05, 3.63) is 24.6 Å². The van der Waals surface area contributed by atoms with E-state index in [1.807, 2.05) is 0 Å². The summed E-state index contributed by atoms with van der Waals surface area (Å²) < 4.78 is 2.47. The van der Waals surface area contributed by atoms with E-state index in [2.05, 4.69) is 76.8 Å². The van der Waals surface area contributed by atoms with Crippen LogP contribution in [0.5, 0.6) is 0 Å². The van der Waals surface area contributed by atoms with Crippen LogP contribution in [0.4, 0.5) is 0 Å². The number of nitrogens with zero attached hydrogens (tertiary/aromatic N) is 1. The van der Waals surface area contributed by atoms with E-state index in [4.69, 9.17) is 0 Å². The summed E-state index contributed by atoms with van der Waals surface area (Å²) in [6.45, 7) is 16.3. The fraction of sp³-hybridized carbons (Fsp3) is 0.714. The molecule has 0 atom stereocenters. The molecule has 2 heteroatoms. The van der Waals surface area contributed by atoms with Crippen LogP contribution in [-0.2, 0) is 0 Å². The third-order valence-corrected chi connectivity index (χ3v) is 8.74. The Kier molecular flexibility index (Phi) is 6.09. The first kappa shape index (κ1) is 15.5. The Morgan fingerprint density at radius 3 is 1.56 bits per heavy atom. The van der Waals surface area contributed by atoms with E-state index in [1.165, 1.54) is 0 Å². The van der Waals surface area contributed by atoms with E-state index >= 15 is 0 Å². The van der Waals surface area contributed by atoms with Crippen LogP contribution in [0, 0.1) is 0 Å². The van der Waals surface area contributed by atoms with Gasteiger partial charge in [-0.05, 0) is 30.3 Å². The van der Waals surface area contributed by atoms with Crippen LogP contribution in [0.2, 0.25) is 18.1 Å². The Balaban J connectivity index is 5.01. The van der Waals surface area contributed by atoms with Gasteiger partial charge in [0.25, 0.3) is 0 Å². The smallest absolute Gasteiger partial charge is 0.160 e. The van der Waals surface area contributed by atoms with Gasteiger partial charge in [0.15, 0.2) is 8.24 Å². The Hall–Kier alpha value is -0.503. The minimum atomic E-state index is -1.45. The maximum atomic E-state index is 2.47. The molecule has 0 aromatic rings. The maximum Gasteiger partial charge on any atom is 0.160 e. The summed E-state index contributed by atoms with van der Waals surface area (Å²) >= 11 is 0. The highest BCUT2D eigenvalue weighted by Crippen LogP contribution is 2.38. The van der Waals surface area contributed by atoms with E-state index in [-0.39, 0.29) is 0 Å². The fourth-order valence-corrected chi connectivity index (χ4v) is 2.98. The third kappa shape index (κ3) is 4.16. The Morgan fingerprint density at radius 1 is 0.938 bits per heavy atom. The molecule has 0 unspecified atom stereocenters. The molecule has 0 fully saturated rings. The van der Waals surface area contributed by atoms with Gasteiger partial charge in [0.05, 0.1) is 0 Å². The number of allylic oxidation sites excluding steroid dienone is 2. The van der Waals surface area contributed by atoms with Crippen molar-refractivity contribution in [3.63, 3.8) is 0 Å². The van der Waals surface area contributed by atoms with Gasteiger partial charge in [0, 0.05) is 0 Å². The lowest BCUT2D eigenvalue weighted by atomic mass is 10.2. The third-order valence-electron chi connectivity index (χ3n) is 3.48. The van der Waals surface area contributed by atoms with Gasteiger partial charge in [0.1, 0.15) is 0 Å². The molecule has 0 saturated heterocycles. The van der Waals surface area contributed by atoms with Gasteiger partial charge in [-0.15, -0.1) is 0 Å². The molecule has 0 aliphatic rings. The number of hydrogen-bond donors (Lipinski definition) is 0. The summed E-state index contributed by atoms with van der Waals surface area (Å²) in [5, 5.41) is 0.378. The summed E-state index contributed by atoms with van der Waals surface area (Å²) in [5.74, 6) is 0. The zero-order valence-electron chi connectivity index (χ0n) is 12.2. The van der Waals surface area contributed by atoms with Gasteiger partial charge in [-0.3, -0.25) is 0 Å². The average molecular weight is 239 g/mol. The van der Waals surface area contributed by atoms with Crippen LogP contribution in [-0.4, -0.2) is 12.8 Å². The molecule has 0 rings (SSSR count). The summed E-state index contributed by atoms with van der Waals surface area (Å²) in [5.41, 5.74) is 0. The summed E-state index contributed by atoms with van der Waals surface area (Å²) in [4.78, 5) is 0. The largest absolute Gasteiger partial charge is 0.381 e. The molecule has 0 spiro atoms. The van der Waals surface area contributed by atoms with Gasteiger partial charge in [0.2, 0.25) is 0 Å². The molecule has 16 heavy (non-hydrogen) atoms. The lowest BCUT2D eigenvalue weighted by molar-refractivity contribution is 0.618. The van der Waals surface area contributed by atoms with E-state index in [9.17, 15) is 0 Å². The molecule has 0 radical (unpaired) electrons. The second-order valence-corrected chi connectivity index (χ2v) is 10.9. The Labute approximate surface area is 103 Å². The topological polar surface area (TPSA) is 3.24 Å². The van der Waals surface area contributed by atoms with E-state index in [0.29, 0.717) is 5.04 Å². The SMILES string of the molecule is CCC=CN(C=CCC)[Si](C)(C)C(C)(C)C. The minimum absolute atomic E-state index is 0.378.